The van der Waals surface area contributed by atoms with E-state index in [0.717, 1.165) is 19.3 Å². The summed E-state index contributed by atoms with van der Waals surface area (Å²) >= 11 is 0. The summed E-state index contributed by atoms with van der Waals surface area (Å²) < 4.78 is 0. The van der Waals surface area contributed by atoms with Crippen LogP contribution in [0.4, 0.5) is 0 Å². The van der Waals surface area contributed by atoms with E-state index in [4.69, 9.17) is 5.73 Å². The number of hydrogen-bond donors (Lipinski definition) is 2. The van der Waals surface area contributed by atoms with Crippen LogP contribution in [0.1, 0.15) is 33.1 Å². The van der Waals surface area contributed by atoms with Crippen LogP contribution in [0.2, 0.25) is 0 Å². The summed E-state index contributed by atoms with van der Waals surface area (Å²) in [6.07, 6.45) is 2.72. The van der Waals surface area contributed by atoms with Crippen LogP contribution in [-0.4, -0.2) is 18.0 Å². The van der Waals surface area contributed by atoms with Crippen LogP contribution in [0, 0.1) is 5.92 Å². The summed E-state index contributed by atoms with van der Waals surface area (Å²) in [6.45, 7) is 4.09. The van der Waals surface area contributed by atoms with Gasteiger partial charge in [0, 0.05) is 18.0 Å². The van der Waals surface area contributed by atoms with E-state index in [1.165, 1.54) is 0 Å². The lowest BCUT2D eigenvalue weighted by atomic mass is 9.80. The lowest BCUT2D eigenvalue weighted by Crippen LogP contribution is -2.47. The molecule has 3 nitrogen and oxygen atoms in total. The van der Waals surface area contributed by atoms with Gasteiger partial charge >= 0.3 is 0 Å². The molecule has 1 saturated carbocycles. The average Bonchev–Trinajstić information content (AvgIpc) is 1.98. The zero-order valence-electron chi connectivity index (χ0n) is 7.84. The summed E-state index contributed by atoms with van der Waals surface area (Å²) in [4.78, 5) is 11.4. The molecule has 0 saturated heterocycles. The Hall–Kier alpha value is -0.570. The van der Waals surface area contributed by atoms with Crippen LogP contribution in [0.25, 0.3) is 0 Å². The summed E-state index contributed by atoms with van der Waals surface area (Å²) in [5.74, 6) is 0.375. The minimum Gasteiger partial charge on any atom is -0.353 e. The standard InChI is InChI=1S/C9H18N2O/c1-3-6(2)11-9(12)7-4-8(10)5-7/h6-8H,3-5,10H2,1-2H3,(H,11,12). The van der Waals surface area contributed by atoms with Crippen molar-refractivity contribution in [3.8, 4) is 0 Å². The minimum atomic E-state index is 0.186. The van der Waals surface area contributed by atoms with Crippen molar-refractivity contribution >= 4 is 5.91 Å². The fourth-order valence-corrected chi connectivity index (χ4v) is 1.34. The van der Waals surface area contributed by atoms with Gasteiger partial charge in [0.15, 0.2) is 0 Å². The Morgan fingerprint density at radius 3 is 2.67 bits per heavy atom. The first kappa shape index (κ1) is 9.52. The van der Waals surface area contributed by atoms with Crippen molar-refractivity contribution in [2.75, 3.05) is 0 Å². The summed E-state index contributed by atoms with van der Waals surface area (Å²) in [7, 11) is 0. The molecule has 0 aromatic carbocycles. The molecule has 0 radical (unpaired) electrons. The maximum absolute atomic E-state index is 11.4. The molecule has 0 aliphatic heterocycles. The first-order valence-corrected chi connectivity index (χ1v) is 4.69. The SMILES string of the molecule is CCC(C)NC(=O)C1CC(N)C1. The zero-order valence-corrected chi connectivity index (χ0v) is 7.84. The van der Waals surface area contributed by atoms with Crippen LogP contribution in [0.3, 0.4) is 0 Å². The molecule has 0 spiro atoms. The Balaban J connectivity index is 2.20. The van der Waals surface area contributed by atoms with Crippen LogP contribution in [-0.2, 0) is 4.79 Å². The van der Waals surface area contributed by atoms with Crippen molar-refractivity contribution in [1.82, 2.24) is 5.32 Å². The van der Waals surface area contributed by atoms with Crippen molar-refractivity contribution in [2.24, 2.45) is 11.7 Å². The van der Waals surface area contributed by atoms with Crippen LogP contribution >= 0.6 is 0 Å². The molecule has 1 unspecified atom stereocenters. The molecule has 1 fully saturated rings. The molecule has 1 amide bonds. The van der Waals surface area contributed by atoms with Crippen LogP contribution < -0.4 is 11.1 Å². The molecule has 3 heteroatoms. The van der Waals surface area contributed by atoms with E-state index in [1.807, 2.05) is 6.92 Å². The largest absolute Gasteiger partial charge is 0.353 e. The Bertz CT molecular complexity index is 164. The van der Waals surface area contributed by atoms with E-state index in [1.54, 1.807) is 0 Å². The van der Waals surface area contributed by atoms with Gasteiger partial charge < -0.3 is 11.1 Å². The lowest BCUT2D eigenvalue weighted by molar-refractivity contribution is -0.128. The maximum Gasteiger partial charge on any atom is 0.223 e. The fourth-order valence-electron chi connectivity index (χ4n) is 1.34. The highest BCUT2D eigenvalue weighted by molar-refractivity contribution is 5.79. The summed E-state index contributed by atoms with van der Waals surface area (Å²) in [5, 5.41) is 2.96. The number of nitrogens with two attached hydrogens (primary N) is 1. The third-order valence-corrected chi connectivity index (χ3v) is 2.55. The van der Waals surface area contributed by atoms with Gasteiger partial charge in [0.25, 0.3) is 0 Å². The molecular formula is C9H18N2O. The predicted octanol–water partition coefficient (Wildman–Crippen LogP) is 0.638. The quantitative estimate of drug-likeness (QED) is 0.653. The smallest absolute Gasteiger partial charge is 0.223 e. The third kappa shape index (κ3) is 2.21. The van der Waals surface area contributed by atoms with Crippen molar-refractivity contribution < 1.29 is 4.79 Å². The molecule has 0 heterocycles. The van der Waals surface area contributed by atoms with E-state index in [0.29, 0.717) is 6.04 Å². The Morgan fingerprint density at radius 2 is 2.25 bits per heavy atom. The van der Waals surface area contributed by atoms with Crippen molar-refractivity contribution in [1.29, 1.82) is 0 Å². The fraction of sp³-hybridized carbons (Fsp3) is 0.889. The van der Waals surface area contributed by atoms with Gasteiger partial charge in [-0.05, 0) is 26.2 Å². The second-order valence-electron chi connectivity index (χ2n) is 3.75. The molecule has 3 N–H and O–H groups in total. The first-order chi connectivity index (χ1) is 5.63. The Kier molecular flexibility index (Phi) is 3.09. The molecule has 1 aliphatic carbocycles. The third-order valence-electron chi connectivity index (χ3n) is 2.55. The van der Waals surface area contributed by atoms with Gasteiger partial charge in [-0.1, -0.05) is 6.92 Å². The second-order valence-corrected chi connectivity index (χ2v) is 3.75. The van der Waals surface area contributed by atoms with Crippen molar-refractivity contribution in [3.63, 3.8) is 0 Å². The highest BCUT2D eigenvalue weighted by Crippen LogP contribution is 2.25. The van der Waals surface area contributed by atoms with Gasteiger partial charge in [-0.3, -0.25) is 4.79 Å². The molecule has 0 bridgehead atoms. The number of amides is 1. The van der Waals surface area contributed by atoms with Gasteiger partial charge in [0.2, 0.25) is 5.91 Å². The van der Waals surface area contributed by atoms with Crippen LogP contribution in [0.5, 0.6) is 0 Å². The van der Waals surface area contributed by atoms with E-state index in [9.17, 15) is 4.79 Å². The predicted molar refractivity (Wildman–Crippen MR) is 48.6 cm³/mol. The molecule has 1 rings (SSSR count). The number of hydrogen-bond acceptors (Lipinski definition) is 2. The van der Waals surface area contributed by atoms with Gasteiger partial charge in [-0.15, -0.1) is 0 Å². The number of carbonyl (C=O) groups excluding carboxylic acids is 1. The Labute approximate surface area is 73.7 Å². The normalized spacial score (nSPS) is 30.6. The number of carbonyl (C=O) groups is 1. The lowest BCUT2D eigenvalue weighted by Gasteiger charge is -2.31. The zero-order chi connectivity index (χ0) is 9.14. The van der Waals surface area contributed by atoms with E-state index < -0.39 is 0 Å². The van der Waals surface area contributed by atoms with E-state index >= 15 is 0 Å². The van der Waals surface area contributed by atoms with Gasteiger partial charge in [0.1, 0.15) is 0 Å². The van der Waals surface area contributed by atoms with E-state index in [2.05, 4.69) is 12.2 Å². The number of nitrogens with one attached hydrogen (secondary N) is 1. The van der Waals surface area contributed by atoms with Crippen molar-refractivity contribution in [3.05, 3.63) is 0 Å². The maximum atomic E-state index is 11.4. The monoisotopic (exact) mass is 170 g/mol. The first-order valence-electron chi connectivity index (χ1n) is 4.69. The Morgan fingerprint density at radius 1 is 1.67 bits per heavy atom. The molecule has 1 atom stereocenters. The molecular weight excluding hydrogens is 152 g/mol. The van der Waals surface area contributed by atoms with Gasteiger partial charge in [0.05, 0.1) is 0 Å². The number of rotatable bonds is 3. The van der Waals surface area contributed by atoms with Crippen LogP contribution in [0.15, 0.2) is 0 Å². The highest BCUT2D eigenvalue weighted by Gasteiger charge is 2.32. The molecule has 0 aromatic heterocycles. The highest BCUT2D eigenvalue weighted by atomic mass is 16.2. The summed E-state index contributed by atoms with van der Waals surface area (Å²) in [6, 6.07) is 0.562. The van der Waals surface area contributed by atoms with Crippen molar-refractivity contribution in [2.45, 2.75) is 45.2 Å². The average molecular weight is 170 g/mol. The molecule has 0 aromatic rings. The molecule has 70 valence electrons. The minimum absolute atomic E-state index is 0.186. The second kappa shape index (κ2) is 3.90. The topological polar surface area (TPSA) is 55.1 Å². The van der Waals surface area contributed by atoms with Gasteiger partial charge in [-0.2, -0.15) is 0 Å². The van der Waals surface area contributed by atoms with E-state index in [-0.39, 0.29) is 17.9 Å². The summed E-state index contributed by atoms with van der Waals surface area (Å²) in [5.41, 5.74) is 5.59. The van der Waals surface area contributed by atoms with Gasteiger partial charge in [-0.25, -0.2) is 0 Å². The molecule has 1 aliphatic rings. The molecule has 12 heavy (non-hydrogen) atoms.